The van der Waals surface area contributed by atoms with Crippen molar-refractivity contribution in [1.82, 2.24) is 0 Å². The van der Waals surface area contributed by atoms with Crippen molar-refractivity contribution in [3.63, 3.8) is 0 Å². The molecule has 1 heterocycles. The van der Waals surface area contributed by atoms with Gasteiger partial charge in [-0.25, -0.2) is 0 Å². The highest BCUT2D eigenvalue weighted by molar-refractivity contribution is 8.00. The van der Waals surface area contributed by atoms with Gasteiger partial charge in [0.05, 0.1) is 0 Å². The quantitative estimate of drug-likeness (QED) is 0.392. The summed E-state index contributed by atoms with van der Waals surface area (Å²) in [7, 11) is 1.36. The summed E-state index contributed by atoms with van der Waals surface area (Å²) < 4.78 is 4.77. The molecule has 0 aliphatic carbocycles. The molecule has 72 valence electrons. The maximum Gasteiger partial charge on any atom is 0.133 e. The first-order valence-electron chi connectivity index (χ1n) is 3.48. The molecule has 0 bridgehead atoms. The Balaban J connectivity index is 2.63. The third kappa shape index (κ3) is 1.73. The fraction of sp³-hybridized carbons (Fsp3) is 1.00. The van der Waals surface area contributed by atoms with Crippen molar-refractivity contribution in [2.45, 2.75) is 29.2 Å². The van der Waals surface area contributed by atoms with Gasteiger partial charge >= 0.3 is 0 Å². The third-order valence-electron chi connectivity index (χ3n) is 1.78. The standard InChI is InChI=1S/C6H12O5S/c1-11-6-4(9)2(7)3(8)5(10)12-6/h2-10H,1H3/t2-,3-,4+,5?,6+/m1/s1. The molecule has 1 aliphatic rings. The van der Waals surface area contributed by atoms with E-state index in [1.54, 1.807) is 0 Å². The van der Waals surface area contributed by atoms with Gasteiger partial charge in [-0.3, -0.25) is 0 Å². The van der Waals surface area contributed by atoms with E-state index >= 15 is 0 Å². The van der Waals surface area contributed by atoms with E-state index in [9.17, 15) is 5.11 Å². The van der Waals surface area contributed by atoms with E-state index in [1.807, 2.05) is 0 Å². The molecule has 1 rings (SSSR count). The van der Waals surface area contributed by atoms with Crippen LogP contribution in [0.2, 0.25) is 0 Å². The van der Waals surface area contributed by atoms with Crippen molar-refractivity contribution in [3.8, 4) is 0 Å². The summed E-state index contributed by atoms with van der Waals surface area (Å²) in [4.78, 5) is 0. The summed E-state index contributed by atoms with van der Waals surface area (Å²) in [5.41, 5.74) is -1.81. The monoisotopic (exact) mass is 196 g/mol. The van der Waals surface area contributed by atoms with Gasteiger partial charge in [-0.2, -0.15) is 0 Å². The van der Waals surface area contributed by atoms with E-state index in [0.29, 0.717) is 0 Å². The molecule has 1 saturated heterocycles. The molecular formula is C6H12O5S. The molecule has 0 aromatic carbocycles. The van der Waals surface area contributed by atoms with Crippen LogP contribution in [0, 0.1) is 0 Å². The Morgan fingerprint density at radius 1 is 1.00 bits per heavy atom. The van der Waals surface area contributed by atoms with Gasteiger partial charge in [-0.1, -0.05) is 11.8 Å². The molecule has 0 aromatic heterocycles. The van der Waals surface area contributed by atoms with E-state index in [0.717, 1.165) is 11.8 Å². The lowest BCUT2D eigenvalue weighted by Crippen LogP contribution is -2.53. The summed E-state index contributed by atoms with van der Waals surface area (Å²) in [6.45, 7) is 0. The first kappa shape index (κ1) is 10.2. The summed E-state index contributed by atoms with van der Waals surface area (Å²) >= 11 is 0.880. The van der Waals surface area contributed by atoms with Gasteiger partial charge < -0.3 is 25.2 Å². The highest BCUT2D eigenvalue weighted by Crippen LogP contribution is 2.31. The van der Waals surface area contributed by atoms with Crippen LogP contribution in [-0.4, -0.2) is 56.7 Å². The Morgan fingerprint density at radius 2 is 1.58 bits per heavy atom. The maximum absolute atomic E-state index is 9.26. The molecule has 4 N–H and O–H groups in total. The molecular weight excluding hydrogens is 184 g/mol. The van der Waals surface area contributed by atoms with Crippen molar-refractivity contribution in [2.24, 2.45) is 0 Å². The fourth-order valence-electron chi connectivity index (χ4n) is 1.03. The first-order valence-corrected chi connectivity index (χ1v) is 4.42. The zero-order chi connectivity index (χ0) is 9.30. The van der Waals surface area contributed by atoms with Gasteiger partial charge in [-0.15, -0.1) is 0 Å². The zero-order valence-corrected chi connectivity index (χ0v) is 7.31. The number of aliphatic hydroxyl groups excluding tert-OH is 4. The average Bonchev–Trinajstić information content (AvgIpc) is 2.08. The lowest BCUT2D eigenvalue weighted by atomic mass is 10.1. The SMILES string of the molecule is CO[C@H]1SC(O)[C@H](O)[C@@H](O)[C@@H]1O. The second kappa shape index (κ2) is 3.91. The minimum absolute atomic E-state index is 0.696. The normalized spacial score (nSPS) is 49.2. The summed E-state index contributed by atoms with van der Waals surface area (Å²) in [5.74, 6) is 0. The predicted molar refractivity (Wildman–Crippen MR) is 42.4 cm³/mol. The molecule has 1 unspecified atom stereocenters. The Hall–Kier alpha value is 0.150. The van der Waals surface area contributed by atoms with Crippen molar-refractivity contribution >= 4 is 11.8 Å². The second-order valence-electron chi connectivity index (χ2n) is 2.60. The molecule has 0 amide bonds. The zero-order valence-electron chi connectivity index (χ0n) is 6.49. The smallest absolute Gasteiger partial charge is 0.133 e. The van der Waals surface area contributed by atoms with Crippen LogP contribution in [0.3, 0.4) is 0 Å². The lowest BCUT2D eigenvalue weighted by Gasteiger charge is -2.36. The summed E-state index contributed by atoms with van der Waals surface area (Å²) in [6, 6.07) is 0. The van der Waals surface area contributed by atoms with Crippen LogP contribution in [0.25, 0.3) is 0 Å². The third-order valence-corrected chi connectivity index (χ3v) is 3.07. The summed E-state index contributed by atoms with van der Waals surface area (Å²) in [5, 5.41) is 36.6. The van der Waals surface area contributed by atoms with Crippen molar-refractivity contribution < 1.29 is 25.2 Å². The fourth-order valence-corrected chi connectivity index (χ4v) is 2.06. The predicted octanol–water partition coefficient (Wildman–Crippen LogP) is -1.89. The van der Waals surface area contributed by atoms with E-state index in [4.69, 9.17) is 20.1 Å². The van der Waals surface area contributed by atoms with Crippen LogP contribution in [0.15, 0.2) is 0 Å². The second-order valence-corrected chi connectivity index (χ2v) is 3.82. The molecule has 12 heavy (non-hydrogen) atoms. The minimum Gasteiger partial charge on any atom is -0.387 e. The van der Waals surface area contributed by atoms with Crippen LogP contribution in [0.1, 0.15) is 0 Å². The van der Waals surface area contributed by atoms with Crippen LogP contribution in [0.5, 0.6) is 0 Å². The van der Waals surface area contributed by atoms with Gasteiger partial charge in [0.2, 0.25) is 0 Å². The molecule has 1 aliphatic heterocycles. The van der Waals surface area contributed by atoms with E-state index in [1.165, 1.54) is 7.11 Å². The molecule has 5 atom stereocenters. The van der Waals surface area contributed by atoms with Crippen LogP contribution in [-0.2, 0) is 4.74 Å². The van der Waals surface area contributed by atoms with Crippen molar-refractivity contribution in [2.75, 3.05) is 7.11 Å². The van der Waals surface area contributed by atoms with Crippen LogP contribution < -0.4 is 0 Å². The van der Waals surface area contributed by atoms with E-state index in [-0.39, 0.29) is 0 Å². The first-order chi connectivity index (χ1) is 5.57. The highest BCUT2D eigenvalue weighted by Gasteiger charge is 2.42. The number of thioether (sulfide) groups is 1. The van der Waals surface area contributed by atoms with Gasteiger partial charge in [0.25, 0.3) is 0 Å². The number of hydrogen-bond acceptors (Lipinski definition) is 6. The largest absolute Gasteiger partial charge is 0.387 e. The highest BCUT2D eigenvalue weighted by atomic mass is 32.2. The Labute approximate surface area is 74.0 Å². The van der Waals surface area contributed by atoms with E-state index < -0.39 is 29.2 Å². The average molecular weight is 196 g/mol. The topological polar surface area (TPSA) is 90.2 Å². The number of methoxy groups -OCH3 is 1. The van der Waals surface area contributed by atoms with Gasteiger partial charge in [0, 0.05) is 7.11 Å². The Morgan fingerprint density at radius 3 is 2.08 bits per heavy atom. The molecule has 6 heteroatoms. The molecule has 0 saturated carbocycles. The van der Waals surface area contributed by atoms with Crippen LogP contribution in [0.4, 0.5) is 0 Å². The number of ether oxygens (including phenoxy) is 1. The molecule has 5 nitrogen and oxygen atoms in total. The summed E-state index contributed by atoms with van der Waals surface area (Å²) in [6.07, 6.45) is -3.85. The molecule has 0 aromatic rings. The van der Waals surface area contributed by atoms with Gasteiger partial charge in [-0.05, 0) is 0 Å². The molecule has 0 spiro atoms. The van der Waals surface area contributed by atoms with Gasteiger partial charge in [0.15, 0.2) is 0 Å². The molecule has 0 radical (unpaired) electrons. The maximum atomic E-state index is 9.26. The van der Waals surface area contributed by atoms with Crippen molar-refractivity contribution in [3.05, 3.63) is 0 Å². The number of hydrogen-bond donors (Lipinski definition) is 4. The lowest BCUT2D eigenvalue weighted by molar-refractivity contribution is -0.120. The Bertz CT molecular complexity index is 150. The van der Waals surface area contributed by atoms with E-state index in [2.05, 4.69) is 0 Å². The van der Waals surface area contributed by atoms with Gasteiger partial charge in [0.1, 0.15) is 29.2 Å². The minimum atomic E-state index is -1.36. The van der Waals surface area contributed by atoms with Crippen LogP contribution >= 0.6 is 11.8 Å². The number of rotatable bonds is 1. The molecule has 1 fully saturated rings. The van der Waals surface area contributed by atoms with Crippen molar-refractivity contribution in [1.29, 1.82) is 0 Å². The number of aliphatic hydroxyl groups is 4. The Kier molecular flexibility index (Phi) is 3.33.